The van der Waals surface area contributed by atoms with E-state index in [1.165, 1.54) is 0 Å². The normalized spacial score (nSPS) is 20.6. The predicted molar refractivity (Wildman–Crippen MR) is 97.3 cm³/mol. The van der Waals surface area contributed by atoms with Gasteiger partial charge in [-0.15, -0.1) is 0 Å². The monoisotopic (exact) mass is 344 g/mol. The third-order valence-electron chi connectivity index (χ3n) is 4.53. The Morgan fingerprint density at radius 2 is 1.75 bits per heavy atom. The van der Waals surface area contributed by atoms with Gasteiger partial charge in [-0.1, -0.05) is 48.0 Å². The number of benzene rings is 2. The molecule has 5 heteroatoms. The van der Waals surface area contributed by atoms with Crippen molar-refractivity contribution in [3.63, 3.8) is 0 Å². The Labute approximate surface area is 146 Å². The van der Waals surface area contributed by atoms with Gasteiger partial charge in [-0.25, -0.2) is 0 Å². The summed E-state index contributed by atoms with van der Waals surface area (Å²) < 4.78 is 0. The van der Waals surface area contributed by atoms with Crippen molar-refractivity contribution in [1.82, 2.24) is 0 Å². The van der Waals surface area contributed by atoms with Gasteiger partial charge in [-0.2, -0.15) is 0 Å². The molecule has 1 aliphatic carbocycles. The van der Waals surface area contributed by atoms with Gasteiger partial charge in [0.25, 0.3) is 5.91 Å². The highest BCUT2D eigenvalue weighted by Gasteiger charge is 2.23. The lowest BCUT2D eigenvalue weighted by molar-refractivity contribution is 0.100. The number of nitrogens with one attached hydrogen (secondary N) is 1. The fourth-order valence-electron chi connectivity index (χ4n) is 3.22. The van der Waals surface area contributed by atoms with Gasteiger partial charge in [0.1, 0.15) is 0 Å². The van der Waals surface area contributed by atoms with Crippen LogP contribution in [0.4, 0.5) is 5.69 Å². The molecule has 24 heavy (non-hydrogen) atoms. The first-order valence-electron chi connectivity index (χ1n) is 8.18. The second kappa shape index (κ2) is 7.24. The number of aliphatic hydroxyl groups excluding tert-OH is 1. The molecule has 0 aromatic heterocycles. The summed E-state index contributed by atoms with van der Waals surface area (Å²) in [5, 5.41) is 13.4. The fraction of sp³-hybridized carbons (Fsp3) is 0.316. The van der Waals surface area contributed by atoms with E-state index in [1.54, 1.807) is 0 Å². The number of rotatable bonds is 4. The van der Waals surface area contributed by atoms with E-state index in [1.807, 2.05) is 42.5 Å². The first kappa shape index (κ1) is 16.8. The molecule has 0 atom stereocenters. The summed E-state index contributed by atoms with van der Waals surface area (Å²) in [6.07, 6.45) is 3.02. The lowest BCUT2D eigenvalue weighted by Gasteiger charge is -2.28. The van der Waals surface area contributed by atoms with Crippen molar-refractivity contribution in [2.45, 2.75) is 37.8 Å². The van der Waals surface area contributed by atoms with Gasteiger partial charge in [0.15, 0.2) is 0 Å². The Morgan fingerprint density at radius 1 is 1.08 bits per heavy atom. The Hall–Kier alpha value is -2.04. The molecule has 0 saturated heterocycles. The molecule has 0 heterocycles. The number of carbonyl (C=O) groups excluding carboxylic acids is 1. The number of carbonyl (C=O) groups is 1. The SMILES string of the molecule is NC(=O)c1c(N[C@H]2CC[C@H](O)CC2)ccc(-c2ccccc2)c1Cl. The third kappa shape index (κ3) is 3.55. The first-order chi connectivity index (χ1) is 11.6. The number of aliphatic hydroxyl groups is 1. The largest absolute Gasteiger partial charge is 0.393 e. The van der Waals surface area contributed by atoms with Crippen molar-refractivity contribution in [2.24, 2.45) is 5.73 Å². The van der Waals surface area contributed by atoms with Crippen LogP contribution in [0.2, 0.25) is 5.02 Å². The van der Waals surface area contributed by atoms with Gasteiger partial charge >= 0.3 is 0 Å². The molecule has 1 fully saturated rings. The van der Waals surface area contributed by atoms with E-state index in [0.717, 1.165) is 36.8 Å². The number of amides is 1. The van der Waals surface area contributed by atoms with Gasteiger partial charge in [0, 0.05) is 17.3 Å². The van der Waals surface area contributed by atoms with Crippen LogP contribution in [0.15, 0.2) is 42.5 Å². The van der Waals surface area contributed by atoms with Crippen LogP contribution >= 0.6 is 11.6 Å². The van der Waals surface area contributed by atoms with E-state index in [-0.39, 0.29) is 12.1 Å². The highest BCUT2D eigenvalue weighted by molar-refractivity contribution is 6.37. The molecule has 0 spiro atoms. The van der Waals surface area contributed by atoms with Crippen LogP contribution in [-0.2, 0) is 0 Å². The lowest BCUT2D eigenvalue weighted by atomic mass is 9.92. The summed E-state index contributed by atoms with van der Waals surface area (Å²) in [6.45, 7) is 0. The number of nitrogens with two attached hydrogens (primary N) is 1. The zero-order chi connectivity index (χ0) is 17.1. The van der Waals surface area contributed by atoms with Gasteiger partial charge in [0.05, 0.1) is 16.7 Å². The Morgan fingerprint density at radius 3 is 2.38 bits per heavy atom. The number of primary amides is 1. The van der Waals surface area contributed by atoms with E-state index < -0.39 is 5.91 Å². The molecular formula is C19H21ClN2O2. The minimum absolute atomic E-state index is 0.213. The highest BCUT2D eigenvalue weighted by Crippen LogP contribution is 2.35. The maximum atomic E-state index is 12.0. The van der Waals surface area contributed by atoms with Crippen LogP contribution in [0.25, 0.3) is 11.1 Å². The van der Waals surface area contributed by atoms with Crippen molar-refractivity contribution in [3.05, 3.63) is 53.1 Å². The molecular weight excluding hydrogens is 324 g/mol. The standard InChI is InChI=1S/C19H21ClN2O2/c20-18-15(12-4-2-1-3-5-12)10-11-16(17(18)19(21)24)22-13-6-8-14(23)9-7-13/h1-5,10-11,13-14,22-23H,6-9H2,(H2,21,24)/t13-,14-. The summed E-state index contributed by atoms with van der Waals surface area (Å²) in [5.41, 5.74) is 8.30. The van der Waals surface area contributed by atoms with Gasteiger partial charge < -0.3 is 16.2 Å². The lowest BCUT2D eigenvalue weighted by Crippen LogP contribution is -2.29. The number of halogens is 1. The second-order valence-corrected chi connectivity index (χ2v) is 6.61. The number of hydrogen-bond acceptors (Lipinski definition) is 3. The molecule has 0 unspecified atom stereocenters. The average Bonchev–Trinajstić information content (AvgIpc) is 2.57. The summed E-state index contributed by atoms with van der Waals surface area (Å²) in [6, 6.07) is 13.7. The minimum atomic E-state index is -0.545. The van der Waals surface area contributed by atoms with Gasteiger partial charge in [0.2, 0.25) is 0 Å². The first-order valence-corrected chi connectivity index (χ1v) is 8.56. The molecule has 1 saturated carbocycles. The smallest absolute Gasteiger partial charge is 0.252 e. The van der Waals surface area contributed by atoms with E-state index in [0.29, 0.717) is 16.3 Å². The van der Waals surface area contributed by atoms with E-state index in [2.05, 4.69) is 5.32 Å². The molecule has 4 nitrogen and oxygen atoms in total. The maximum absolute atomic E-state index is 12.0. The molecule has 126 valence electrons. The molecule has 4 N–H and O–H groups in total. The quantitative estimate of drug-likeness (QED) is 0.789. The molecule has 2 aromatic rings. The van der Waals surface area contributed by atoms with Gasteiger partial charge in [-0.3, -0.25) is 4.79 Å². The number of hydrogen-bond donors (Lipinski definition) is 3. The summed E-state index contributed by atoms with van der Waals surface area (Å²) in [4.78, 5) is 12.0. The van der Waals surface area contributed by atoms with Crippen molar-refractivity contribution in [1.29, 1.82) is 0 Å². The molecule has 2 aromatic carbocycles. The molecule has 0 aliphatic heterocycles. The zero-order valence-electron chi connectivity index (χ0n) is 13.3. The molecule has 1 amide bonds. The third-order valence-corrected chi connectivity index (χ3v) is 4.92. The van der Waals surface area contributed by atoms with Crippen LogP contribution in [-0.4, -0.2) is 23.2 Å². The summed E-state index contributed by atoms with van der Waals surface area (Å²) >= 11 is 6.50. The van der Waals surface area contributed by atoms with Gasteiger partial charge in [-0.05, 0) is 37.3 Å². The van der Waals surface area contributed by atoms with Crippen molar-refractivity contribution < 1.29 is 9.90 Å². The van der Waals surface area contributed by atoms with Crippen LogP contribution in [0.5, 0.6) is 0 Å². The summed E-state index contributed by atoms with van der Waals surface area (Å²) in [7, 11) is 0. The van der Waals surface area contributed by atoms with Crippen LogP contribution < -0.4 is 11.1 Å². The molecule has 0 radical (unpaired) electrons. The maximum Gasteiger partial charge on any atom is 0.252 e. The Balaban J connectivity index is 1.93. The van der Waals surface area contributed by atoms with Crippen molar-refractivity contribution in [2.75, 3.05) is 5.32 Å². The van der Waals surface area contributed by atoms with E-state index in [9.17, 15) is 9.90 Å². The van der Waals surface area contributed by atoms with Crippen LogP contribution in [0, 0.1) is 0 Å². The van der Waals surface area contributed by atoms with Crippen molar-refractivity contribution >= 4 is 23.2 Å². The zero-order valence-corrected chi connectivity index (χ0v) is 14.1. The predicted octanol–water partition coefficient (Wildman–Crippen LogP) is 3.82. The highest BCUT2D eigenvalue weighted by atomic mass is 35.5. The molecule has 0 bridgehead atoms. The van der Waals surface area contributed by atoms with Crippen molar-refractivity contribution in [3.8, 4) is 11.1 Å². The average molecular weight is 345 g/mol. The van der Waals surface area contributed by atoms with E-state index >= 15 is 0 Å². The second-order valence-electron chi connectivity index (χ2n) is 6.23. The minimum Gasteiger partial charge on any atom is -0.393 e. The van der Waals surface area contributed by atoms with Crippen LogP contribution in [0.3, 0.4) is 0 Å². The summed E-state index contributed by atoms with van der Waals surface area (Å²) in [5.74, 6) is -0.545. The molecule has 3 rings (SSSR count). The number of anilines is 1. The Bertz CT molecular complexity index is 726. The molecule has 1 aliphatic rings. The van der Waals surface area contributed by atoms with Crippen LogP contribution in [0.1, 0.15) is 36.0 Å². The Kier molecular flexibility index (Phi) is 5.07. The topological polar surface area (TPSA) is 75.4 Å². The van der Waals surface area contributed by atoms with E-state index in [4.69, 9.17) is 17.3 Å². The fourth-order valence-corrected chi connectivity index (χ4v) is 3.59.